The molecule has 0 amide bonds. The van der Waals surface area contributed by atoms with Crippen LogP contribution in [0.1, 0.15) is 64.5 Å². The van der Waals surface area contributed by atoms with Gasteiger partial charge in [0, 0.05) is 5.54 Å². The van der Waals surface area contributed by atoms with E-state index in [1.807, 2.05) is 0 Å². The molecule has 0 aliphatic heterocycles. The molecule has 0 heterocycles. The van der Waals surface area contributed by atoms with E-state index < -0.39 is 0 Å². The third kappa shape index (κ3) is 5.68. The van der Waals surface area contributed by atoms with Crippen LogP contribution in [0, 0.1) is 0 Å². The van der Waals surface area contributed by atoms with Gasteiger partial charge in [-0.25, -0.2) is 0 Å². The maximum atomic E-state index is 3.56. The molecule has 0 spiro atoms. The Bertz CT molecular complexity index is 349. The molecule has 0 bridgehead atoms. The predicted molar refractivity (Wildman–Crippen MR) is 81.2 cm³/mol. The zero-order valence-electron chi connectivity index (χ0n) is 12.7. The number of aryl methyl sites for hydroxylation is 1. The average molecular weight is 247 g/mol. The van der Waals surface area contributed by atoms with Gasteiger partial charge in [0.05, 0.1) is 0 Å². The Morgan fingerprint density at radius 2 is 1.94 bits per heavy atom. The van der Waals surface area contributed by atoms with E-state index in [1.165, 1.54) is 30.4 Å². The standard InChI is InChI=1S/C17H29N/c1-6-8-15-9-7-10-16(13-15)14(2)11-12-18-17(3,4)5/h7,9-10,13-14,18H,6,8,11-12H2,1-5H3. The van der Waals surface area contributed by atoms with E-state index in [1.54, 1.807) is 0 Å². The predicted octanol–water partition coefficient (Wildman–Crippen LogP) is 4.52. The van der Waals surface area contributed by atoms with Gasteiger partial charge < -0.3 is 5.32 Å². The van der Waals surface area contributed by atoms with Crippen molar-refractivity contribution in [3.05, 3.63) is 35.4 Å². The summed E-state index contributed by atoms with van der Waals surface area (Å²) in [4.78, 5) is 0. The van der Waals surface area contributed by atoms with Crippen LogP contribution in [0.4, 0.5) is 0 Å². The van der Waals surface area contributed by atoms with Crippen molar-refractivity contribution < 1.29 is 0 Å². The van der Waals surface area contributed by atoms with Crippen molar-refractivity contribution >= 4 is 0 Å². The molecule has 0 aliphatic rings. The van der Waals surface area contributed by atoms with Crippen molar-refractivity contribution in [2.75, 3.05) is 6.54 Å². The van der Waals surface area contributed by atoms with Gasteiger partial charge in [-0.15, -0.1) is 0 Å². The van der Waals surface area contributed by atoms with Crippen LogP contribution in [0.3, 0.4) is 0 Å². The van der Waals surface area contributed by atoms with Gasteiger partial charge in [-0.2, -0.15) is 0 Å². The first-order chi connectivity index (χ1) is 8.42. The van der Waals surface area contributed by atoms with Crippen LogP contribution in [0.15, 0.2) is 24.3 Å². The number of hydrogen-bond donors (Lipinski definition) is 1. The van der Waals surface area contributed by atoms with Gasteiger partial charge in [0.15, 0.2) is 0 Å². The molecule has 0 radical (unpaired) electrons. The minimum Gasteiger partial charge on any atom is -0.312 e. The Labute approximate surface area is 113 Å². The molecule has 18 heavy (non-hydrogen) atoms. The van der Waals surface area contributed by atoms with Crippen LogP contribution in [0.25, 0.3) is 0 Å². The highest BCUT2D eigenvalue weighted by Gasteiger charge is 2.10. The molecule has 1 heteroatoms. The summed E-state index contributed by atoms with van der Waals surface area (Å²) in [6.07, 6.45) is 3.62. The van der Waals surface area contributed by atoms with Crippen molar-refractivity contribution in [2.24, 2.45) is 0 Å². The third-order valence-corrected chi connectivity index (χ3v) is 3.29. The Hall–Kier alpha value is -0.820. The fourth-order valence-corrected chi connectivity index (χ4v) is 2.17. The Morgan fingerprint density at radius 3 is 2.56 bits per heavy atom. The maximum absolute atomic E-state index is 3.56. The van der Waals surface area contributed by atoms with E-state index in [2.05, 4.69) is 64.2 Å². The van der Waals surface area contributed by atoms with E-state index in [0.717, 1.165) is 6.54 Å². The summed E-state index contributed by atoms with van der Waals surface area (Å²) in [7, 11) is 0. The van der Waals surface area contributed by atoms with Gasteiger partial charge in [-0.1, -0.05) is 44.5 Å². The molecule has 0 fully saturated rings. The molecular weight excluding hydrogens is 218 g/mol. The van der Waals surface area contributed by atoms with Gasteiger partial charge in [-0.3, -0.25) is 0 Å². The summed E-state index contributed by atoms with van der Waals surface area (Å²) in [6, 6.07) is 9.09. The highest BCUT2D eigenvalue weighted by Crippen LogP contribution is 2.20. The number of benzene rings is 1. The summed E-state index contributed by atoms with van der Waals surface area (Å²) < 4.78 is 0. The first-order valence-electron chi connectivity index (χ1n) is 7.26. The Kier molecular flexibility index (Phi) is 5.87. The average Bonchev–Trinajstić information content (AvgIpc) is 2.28. The second-order valence-electron chi connectivity index (χ2n) is 6.36. The second-order valence-corrected chi connectivity index (χ2v) is 6.36. The van der Waals surface area contributed by atoms with E-state index in [4.69, 9.17) is 0 Å². The molecule has 1 aromatic rings. The molecule has 102 valence electrons. The number of rotatable bonds is 6. The summed E-state index contributed by atoms with van der Waals surface area (Å²) in [5, 5.41) is 3.56. The number of hydrogen-bond acceptors (Lipinski definition) is 1. The fourth-order valence-electron chi connectivity index (χ4n) is 2.17. The summed E-state index contributed by atoms with van der Waals surface area (Å²) in [5.41, 5.74) is 3.19. The van der Waals surface area contributed by atoms with Crippen molar-refractivity contribution in [1.82, 2.24) is 5.32 Å². The highest BCUT2D eigenvalue weighted by atomic mass is 14.9. The van der Waals surface area contributed by atoms with Gasteiger partial charge in [0.2, 0.25) is 0 Å². The van der Waals surface area contributed by atoms with Crippen LogP contribution in [-0.4, -0.2) is 12.1 Å². The molecule has 1 atom stereocenters. The zero-order valence-corrected chi connectivity index (χ0v) is 12.7. The maximum Gasteiger partial charge on any atom is 0.00965 e. The normalized spacial score (nSPS) is 13.6. The minimum atomic E-state index is 0.226. The monoisotopic (exact) mass is 247 g/mol. The van der Waals surface area contributed by atoms with E-state index >= 15 is 0 Å². The lowest BCUT2D eigenvalue weighted by molar-refractivity contribution is 0.413. The van der Waals surface area contributed by atoms with Crippen molar-refractivity contribution in [3.8, 4) is 0 Å². The molecule has 1 nitrogen and oxygen atoms in total. The van der Waals surface area contributed by atoms with Gasteiger partial charge in [-0.05, 0) is 57.2 Å². The summed E-state index contributed by atoms with van der Waals surface area (Å²) in [6.45, 7) is 12.3. The molecule has 0 saturated heterocycles. The van der Waals surface area contributed by atoms with Crippen LogP contribution in [0.5, 0.6) is 0 Å². The van der Waals surface area contributed by atoms with Crippen molar-refractivity contribution in [2.45, 2.75) is 65.3 Å². The SMILES string of the molecule is CCCc1cccc(C(C)CCNC(C)(C)C)c1. The fraction of sp³-hybridized carbons (Fsp3) is 0.647. The highest BCUT2D eigenvalue weighted by molar-refractivity contribution is 5.26. The molecule has 1 aromatic carbocycles. The quantitative estimate of drug-likeness (QED) is 0.779. The molecule has 1 rings (SSSR count). The van der Waals surface area contributed by atoms with Crippen LogP contribution >= 0.6 is 0 Å². The summed E-state index contributed by atoms with van der Waals surface area (Å²) >= 11 is 0. The van der Waals surface area contributed by atoms with Crippen LogP contribution in [-0.2, 0) is 6.42 Å². The Morgan fingerprint density at radius 1 is 1.22 bits per heavy atom. The first kappa shape index (κ1) is 15.2. The lowest BCUT2D eigenvalue weighted by Crippen LogP contribution is -2.36. The lowest BCUT2D eigenvalue weighted by atomic mass is 9.94. The molecular formula is C17H29N. The minimum absolute atomic E-state index is 0.226. The zero-order chi connectivity index (χ0) is 13.6. The smallest absolute Gasteiger partial charge is 0.00965 e. The first-order valence-corrected chi connectivity index (χ1v) is 7.26. The van der Waals surface area contributed by atoms with Gasteiger partial charge >= 0.3 is 0 Å². The Balaban J connectivity index is 2.50. The molecule has 0 aromatic heterocycles. The lowest BCUT2D eigenvalue weighted by Gasteiger charge is -2.22. The van der Waals surface area contributed by atoms with E-state index in [9.17, 15) is 0 Å². The summed E-state index contributed by atoms with van der Waals surface area (Å²) in [5.74, 6) is 0.636. The number of nitrogens with one attached hydrogen (secondary N) is 1. The van der Waals surface area contributed by atoms with Gasteiger partial charge in [0.1, 0.15) is 0 Å². The molecule has 1 unspecified atom stereocenters. The van der Waals surface area contributed by atoms with Crippen LogP contribution < -0.4 is 5.32 Å². The van der Waals surface area contributed by atoms with Crippen LogP contribution in [0.2, 0.25) is 0 Å². The molecule has 0 aliphatic carbocycles. The van der Waals surface area contributed by atoms with Gasteiger partial charge in [0.25, 0.3) is 0 Å². The molecule has 1 N–H and O–H groups in total. The van der Waals surface area contributed by atoms with Crippen molar-refractivity contribution in [3.63, 3.8) is 0 Å². The van der Waals surface area contributed by atoms with Crippen molar-refractivity contribution in [1.29, 1.82) is 0 Å². The third-order valence-electron chi connectivity index (χ3n) is 3.29. The molecule has 0 saturated carbocycles. The largest absolute Gasteiger partial charge is 0.312 e. The van der Waals surface area contributed by atoms with E-state index in [-0.39, 0.29) is 5.54 Å². The van der Waals surface area contributed by atoms with E-state index in [0.29, 0.717) is 5.92 Å². The second kappa shape index (κ2) is 6.94. The topological polar surface area (TPSA) is 12.0 Å².